The SMILES string of the molecule is CC(Oc1cccc(C(C)(C)C)c1)C(=O)Nc1ccc(N2CCOCC2)cc1. The standard InChI is InChI=1S/C23H30N2O3/c1-17(28-21-7-5-6-18(16-21)23(2,3)4)22(26)24-19-8-10-20(11-9-19)25-12-14-27-15-13-25/h5-11,16-17H,12-15H2,1-4H3,(H,24,26). The predicted molar refractivity (Wildman–Crippen MR) is 113 cm³/mol. The van der Waals surface area contributed by atoms with E-state index in [2.05, 4.69) is 37.1 Å². The highest BCUT2D eigenvalue weighted by Gasteiger charge is 2.18. The number of nitrogens with zero attached hydrogens (tertiary/aromatic N) is 1. The maximum absolute atomic E-state index is 12.5. The average molecular weight is 383 g/mol. The number of hydrogen-bond donors (Lipinski definition) is 1. The third-order valence-corrected chi connectivity index (χ3v) is 4.89. The van der Waals surface area contributed by atoms with Crippen LogP contribution in [0, 0.1) is 0 Å². The van der Waals surface area contributed by atoms with Crippen LogP contribution in [0.4, 0.5) is 11.4 Å². The van der Waals surface area contributed by atoms with Crippen molar-refractivity contribution < 1.29 is 14.3 Å². The van der Waals surface area contributed by atoms with Crippen molar-refractivity contribution in [3.63, 3.8) is 0 Å². The first-order valence-corrected chi connectivity index (χ1v) is 9.84. The predicted octanol–water partition coefficient (Wildman–Crippen LogP) is 4.23. The quantitative estimate of drug-likeness (QED) is 0.841. The van der Waals surface area contributed by atoms with Crippen molar-refractivity contribution >= 4 is 17.3 Å². The van der Waals surface area contributed by atoms with Crippen LogP contribution in [0.2, 0.25) is 0 Å². The van der Waals surface area contributed by atoms with E-state index in [4.69, 9.17) is 9.47 Å². The van der Waals surface area contributed by atoms with Gasteiger partial charge in [-0.15, -0.1) is 0 Å². The van der Waals surface area contributed by atoms with Crippen LogP contribution >= 0.6 is 0 Å². The molecule has 0 aliphatic carbocycles. The average Bonchev–Trinajstić information content (AvgIpc) is 2.69. The van der Waals surface area contributed by atoms with Crippen LogP contribution in [0.5, 0.6) is 5.75 Å². The Hall–Kier alpha value is -2.53. The Morgan fingerprint density at radius 1 is 1.11 bits per heavy atom. The molecule has 0 spiro atoms. The molecule has 1 fully saturated rings. The number of morpholine rings is 1. The van der Waals surface area contributed by atoms with E-state index in [0.29, 0.717) is 5.75 Å². The molecule has 0 aromatic heterocycles. The lowest BCUT2D eigenvalue weighted by molar-refractivity contribution is -0.122. The lowest BCUT2D eigenvalue weighted by Gasteiger charge is -2.29. The number of ether oxygens (including phenoxy) is 2. The molecule has 1 saturated heterocycles. The van der Waals surface area contributed by atoms with Gasteiger partial charge in [0.1, 0.15) is 5.75 Å². The van der Waals surface area contributed by atoms with Crippen molar-refractivity contribution in [2.24, 2.45) is 0 Å². The van der Waals surface area contributed by atoms with Crippen LogP contribution in [0.3, 0.4) is 0 Å². The van der Waals surface area contributed by atoms with Gasteiger partial charge in [-0.2, -0.15) is 0 Å². The summed E-state index contributed by atoms with van der Waals surface area (Å²) in [6.07, 6.45) is -0.589. The molecule has 0 bridgehead atoms. The van der Waals surface area contributed by atoms with Gasteiger partial charge in [0.2, 0.25) is 0 Å². The molecular formula is C23H30N2O3. The summed E-state index contributed by atoms with van der Waals surface area (Å²) in [7, 11) is 0. The second-order valence-electron chi connectivity index (χ2n) is 8.17. The van der Waals surface area contributed by atoms with Gasteiger partial charge in [-0.25, -0.2) is 0 Å². The Balaban J connectivity index is 1.58. The molecule has 0 saturated carbocycles. The van der Waals surface area contributed by atoms with Crippen LogP contribution in [0.25, 0.3) is 0 Å². The molecular weight excluding hydrogens is 352 g/mol. The highest BCUT2D eigenvalue weighted by Crippen LogP contribution is 2.26. The zero-order valence-corrected chi connectivity index (χ0v) is 17.2. The summed E-state index contributed by atoms with van der Waals surface area (Å²) in [4.78, 5) is 14.8. The van der Waals surface area contributed by atoms with Gasteiger partial charge in [-0.3, -0.25) is 4.79 Å². The lowest BCUT2D eigenvalue weighted by atomic mass is 9.87. The summed E-state index contributed by atoms with van der Waals surface area (Å²) in [6.45, 7) is 11.5. The third-order valence-electron chi connectivity index (χ3n) is 4.89. The van der Waals surface area contributed by atoms with Gasteiger partial charge in [0, 0.05) is 24.5 Å². The Morgan fingerprint density at radius 3 is 2.43 bits per heavy atom. The molecule has 5 heteroatoms. The first-order chi connectivity index (χ1) is 13.3. The summed E-state index contributed by atoms with van der Waals surface area (Å²) in [5, 5.41) is 2.93. The van der Waals surface area contributed by atoms with E-state index < -0.39 is 6.10 Å². The first kappa shape index (κ1) is 20.2. The fourth-order valence-corrected chi connectivity index (χ4v) is 3.11. The fraction of sp³-hybridized carbons (Fsp3) is 0.435. The monoisotopic (exact) mass is 382 g/mol. The minimum Gasteiger partial charge on any atom is -0.481 e. The van der Waals surface area contributed by atoms with Crippen LogP contribution in [0.15, 0.2) is 48.5 Å². The van der Waals surface area contributed by atoms with E-state index in [1.165, 1.54) is 5.56 Å². The number of amides is 1. The number of anilines is 2. The molecule has 1 atom stereocenters. The normalized spacial score (nSPS) is 15.8. The highest BCUT2D eigenvalue weighted by molar-refractivity contribution is 5.94. The van der Waals surface area contributed by atoms with E-state index in [9.17, 15) is 4.79 Å². The van der Waals surface area contributed by atoms with Crippen molar-refractivity contribution in [2.45, 2.75) is 39.2 Å². The third kappa shape index (κ3) is 5.26. The van der Waals surface area contributed by atoms with Crippen molar-refractivity contribution in [1.29, 1.82) is 0 Å². The number of hydrogen-bond acceptors (Lipinski definition) is 4. The smallest absolute Gasteiger partial charge is 0.265 e. The first-order valence-electron chi connectivity index (χ1n) is 9.84. The molecule has 3 rings (SSSR count). The second kappa shape index (κ2) is 8.65. The highest BCUT2D eigenvalue weighted by atomic mass is 16.5. The minimum absolute atomic E-state index is 0.0348. The minimum atomic E-state index is -0.589. The fourth-order valence-electron chi connectivity index (χ4n) is 3.11. The van der Waals surface area contributed by atoms with Crippen molar-refractivity contribution in [2.75, 3.05) is 36.5 Å². The van der Waals surface area contributed by atoms with Gasteiger partial charge >= 0.3 is 0 Å². The van der Waals surface area contributed by atoms with Crippen molar-refractivity contribution in [1.82, 2.24) is 0 Å². The molecule has 150 valence electrons. The van der Waals surface area contributed by atoms with Crippen molar-refractivity contribution in [3.05, 3.63) is 54.1 Å². The maximum atomic E-state index is 12.5. The molecule has 1 aliphatic rings. The van der Waals surface area contributed by atoms with E-state index in [1.807, 2.05) is 42.5 Å². The van der Waals surface area contributed by atoms with E-state index >= 15 is 0 Å². The van der Waals surface area contributed by atoms with Crippen LogP contribution in [-0.4, -0.2) is 38.3 Å². The zero-order chi connectivity index (χ0) is 20.1. The summed E-state index contributed by atoms with van der Waals surface area (Å²) in [5.41, 5.74) is 3.12. The largest absolute Gasteiger partial charge is 0.481 e. The summed E-state index contributed by atoms with van der Waals surface area (Å²) in [5.74, 6) is 0.540. The Bertz CT molecular complexity index is 790. The Labute approximate surface area is 167 Å². The molecule has 5 nitrogen and oxygen atoms in total. The number of carbonyl (C=O) groups excluding carboxylic acids is 1. The van der Waals surface area contributed by atoms with Crippen LogP contribution < -0.4 is 15.0 Å². The van der Waals surface area contributed by atoms with Crippen LogP contribution in [-0.2, 0) is 14.9 Å². The van der Waals surface area contributed by atoms with Gasteiger partial charge in [-0.05, 0) is 54.3 Å². The molecule has 1 amide bonds. The molecule has 0 radical (unpaired) electrons. The number of carbonyl (C=O) groups is 1. The summed E-state index contributed by atoms with van der Waals surface area (Å²) >= 11 is 0. The number of nitrogens with one attached hydrogen (secondary N) is 1. The molecule has 2 aromatic rings. The van der Waals surface area contributed by atoms with E-state index in [1.54, 1.807) is 6.92 Å². The van der Waals surface area contributed by atoms with Gasteiger partial charge in [-0.1, -0.05) is 32.9 Å². The molecule has 2 aromatic carbocycles. The molecule has 1 aliphatic heterocycles. The molecule has 1 heterocycles. The van der Waals surface area contributed by atoms with Gasteiger partial charge in [0.15, 0.2) is 6.10 Å². The number of rotatable bonds is 5. The topological polar surface area (TPSA) is 50.8 Å². The van der Waals surface area contributed by atoms with Gasteiger partial charge < -0.3 is 19.7 Å². The summed E-state index contributed by atoms with van der Waals surface area (Å²) < 4.78 is 11.3. The molecule has 1 unspecified atom stereocenters. The maximum Gasteiger partial charge on any atom is 0.265 e. The molecule has 1 N–H and O–H groups in total. The van der Waals surface area contributed by atoms with Crippen molar-refractivity contribution in [3.8, 4) is 5.75 Å². The van der Waals surface area contributed by atoms with Gasteiger partial charge in [0.05, 0.1) is 13.2 Å². The lowest BCUT2D eigenvalue weighted by Crippen LogP contribution is -2.36. The van der Waals surface area contributed by atoms with E-state index in [-0.39, 0.29) is 11.3 Å². The Kier molecular flexibility index (Phi) is 6.25. The van der Waals surface area contributed by atoms with E-state index in [0.717, 1.165) is 37.7 Å². The number of benzene rings is 2. The van der Waals surface area contributed by atoms with Crippen LogP contribution in [0.1, 0.15) is 33.3 Å². The second-order valence-corrected chi connectivity index (χ2v) is 8.17. The Morgan fingerprint density at radius 2 is 1.79 bits per heavy atom. The summed E-state index contributed by atoms with van der Waals surface area (Å²) in [6, 6.07) is 15.8. The molecule has 28 heavy (non-hydrogen) atoms. The van der Waals surface area contributed by atoms with Gasteiger partial charge in [0.25, 0.3) is 5.91 Å². The zero-order valence-electron chi connectivity index (χ0n) is 17.2.